The third-order valence-electron chi connectivity index (χ3n) is 3.03. The van der Waals surface area contributed by atoms with Crippen LogP contribution in [-0.4, -0.2) is 36.5 Å². The number of rotatable bonds is 7. The van der Waals surface area contributed by atoms with Crippen molar-refractivity contribution in [1.29, 1.82) is 0 Å². The maximum atomic E-state index is 11.8. The number of likely N-dealkylation sites (N-methyl/N-ethyl adjacent to an activating group) is 1. The molecular weight excluding hydrogens is 188 g/mol. The van der Waals surface area contributed by atoms with E-state index in [2.05, 4.69) is 19.2 Å². The van der Waals surface area contributed by atoms with Crippen molar-refractivity contribution < 1.29 is 4.79 Å². The van der Waals surface area contributed by atoms with Gasteiger partial charge < -0.3 is 10.2 Å². The van der Waals surface area contributed by atoms with Gasteiger partial charge in [-0.15, -0.1) is 0 Å². The van der Waals surface area contributed by atoms with Crippen molar-refractivity contribution in [2.75, 3.05) is 19.6 Å². The average molecular weight is 212 g/mol. The Balaban J connectivity index is 2.18. The second-order valence-corrected chi connectivity index (χ2v) is 4.28. The van der Waals surface area contributed by atoms with Gasteiger partial charge in [-0.05, 0) is 19.4 Å². The predicted octanol–water partition coefficient (Wildman–Crippen LogP) is 1.78. The Morgan fingerprint density at radius 3 is 2.80 bits per heavy atom. The van der Waals surface area contributed by atoms with Crippen molar-refractivity contribution >= 4 is 5.91 Å². The Labute approximate surface area is 93.2 Å². The summed E-state index contributed by atoms with van der Waals surface area (Å²) in [6.45, 7) is 7.06. The van der Waals surface area contributed by atoms with Crippen molar-refractivity contribution in [2.24, 2.45) is 0 Å². The first kappa shape index (κ1) is 12.5. The fraction of sp³-hybridized carbons (Fsp3) is 0.917. The van der Waals surface area contributed by atoms with Gasteiger partial charge in [0.2, 0.25) is 5.91 Å². The number of unbranched alkanes of at least 4 members (excludes halogenated alkanes) is 3. The van der Waals surface area contributed by atoms with Gasteiger partial charge in [0.15, 0.2) is 0 Å². The van der Waals surface area contributed by atoms with Gasteiger partial charge in [0.1, 0.15) is 0 Å². The van der Waals surface area contributed by atoms with Gasteiger partial charge in [0.25, 0.3) is 0 Å². The summed E-state index contributed by atoms with van der Waals surface area (Å²) in [7, 11) is 0. The molecule has 1 N–H and O–H groups in total. The molecule has 15 heavy (non-hydrogen) atoms. The second kappa shape index (κ2) is 6.83. The number of amides is 1. The summed E-state index contributed by atoms with van der Waals surface area (Å²) in [4.78, 5) is 13.8. The third-order valence-corrected chi connectivity index (χ3v) is 3.03. The molecule has 1 rings (SSSR count). The Kier molecular flexibility index (Phi) is 5.69. The van der Waals surface area contributed by atoms with Crippen LogP contribution in [0.2, 0.25) is 0 Å². The first-order valence-corrected chi connectivity index (χ1v) is 6.31. The van der Waals surface area contributed by atoms with Gasteiger partial charge in [-0.2, -0.15) is 0 Å². The molecule has 3 heteroatoms. The Morgan fingerprint density at radius 2 is 2.13 bits per heavy atom. The molecule has 1 heterocycles. The minimum atomic E-state index is 0.0983. The van der Waals surface area contributed by atoms with E-state index in [1.54, 1.807) is 0 Å². The smallest absolute Gasteiger partial charge is 0.239 e. The van der Waals surface area contributed by atoms with Crippen LogP contribution in [0, 0.1) is 0 Å². The van der Waals surface area contributed by atoms with E-state index in [4.69, 9.17) is 0 Å². The Morgan fingerprint density at radius 1 is 1.33 bits per heavy atom. The molecule has 0 radical (unpaired) electrons. The molecule has 0 aromatic carbocycles. The molecule has 1 aliphatic rings. The number of hydrogen-bond acceptors (Lipinski definition) is 2. The lowest BCUT2D eigenvalue weighted by atomic mass is 10.2. The Hall–Kier alpha value is -0.570. The number of nitrogens with zero attached hydrogens (tertiary/aromatic N) is 1. The maximum absolute atomic E-state index is 11.8. The van der Waals surface area contributed by atoms with E-state index in [1.165, 1.54) is 25.7 Å². The van der Waals surface area contributed by atoms with Crippen LogP contribution >= 0.6 is 0 Å². The van der Waals surface area contributed by atoms with Crippen LogP contribution in [0.1, 0.15) is 46.0 Å². The molecular formula is C12H24N2O. The van der Waals surface area contributed by atoms with Crippen LogP contribution in [0.5, 0.6) is 0 Å². The topological polar surface area (TPSA) is 32.3 Å². The Bertz CT molecular complexity index is 194. The monoisotopic (exact) mass is 212 g/mol. The molecule has 1 fully saturated rings. The lowest BCUT2D eigenvalue weighted by molar-refractivity contribution is -0.129. The largest absolute Gasteiger partial charge is 0.341 e. The first-order valence-electron chi connectivity index (χ1n) is 6.31. The van der Waals surface area contributed by atoms with E-state index in [-0.39, 0.29) is 6.04 Å². The van der Waals surface area contributed by atoms with Gasteiger partial charge in [0, 0.05) is 13.1 Å². The molecule has 0 spiro atoms. The lowest BCUT2D eigenvalue weighted by Crippen LogP contribution is -2.38. The van der Waals surface area contributed by atoms with E-state index in [0.29, 0.717) is 5.91 Å². The standard InChI is InChI=1S/C12H24N2O/c1-3-5-6-7-9-14-10-8-11(12(14)15)13-4-2/h11,13H,3-10H2,1-2H3. The van der Waals surface area contributed by atoms with Gasteiger partial charge in [0.05, 0.1) is 6.04 Å². The minimum Gasteiger partial charge on any atom is -0.341 e. The van der Waals surface area contributed by atoms with Crippen molar-refractivity contribution in [1.82, 2.24) is 10.2 Å². The number of hydrogen-bond donors (Lipinski definition) is 1. The number of nitrogens with one attached hydrogen (secondary N) is 1. The summed E-state index contributed by atoms with van der Waals surface area (Å²) < 4.78 is 0. The van der Waals surface area contributed by atoms with Crippen LogP contribution in [0.15, 0.2) is 0 Å². The number of carbonyl (C=O) groups is 1. The molecule has 1 atom stereocenters. The van der Waals surface area contributed by atoms with E-state index in [1.807, 2.05) is 4.90 Å². The van der Waals surface area contributed by atoms with Gasteiger partial charge in [-0.1, -0.05) is 33.1 Å². The molecule has 3 nitrogen and oxygen atoms in total. The molecule has 1 aliphatic heterocycles. The summed E-state index contributed by atoms with van der Waals surface area (Å²) >= 11 is 0. The normalized spacial score (nSPS) is 21.3. The van der Waals surface area contributed by atoms with E-state index in [9.17, 15) is 4.79 Å². The van der Waals surface area contributed by atoms with E-state index < -0.39 is 0 Å². The van der Waals surface area contributed by atoms with Crippen molar-refractivity contribution in [3.05, 3.63) is 0 Å². The van der Waals surface area contributed by atoms with Crippen LogP contribution < -0.4 is 5.32 Å². The fourth-order valence-electron chi connectivity index (χ4n) is 2.13. The van der Waals surface area contributed by atoms with E-state index in [0.717, 1.165) is 26.1 Å². The highest BCUT2D eigenvalue weighted by Crippen LogP contribution is 2.12. The molecule has 0 aliphatic carbocycles. The molecule has 1 amide bonds. The van der Waals surface area contributed by atoms with Gasteiger partial charge in [-0.3, -0.25) is 4.79 Å². The van der Waals surface area contributed by atoms with Crippen LogP contribution in [0.25, 0.3) is 0 Å². The van der Waals surface area contributed by atoms with Crippen LogP contribution in [-0.2, 0) is 4.79 Å². The zero-order chi connectivity index (χ0) is 11.1. The summed E-state index contributed by atoms with van der Waals surface area (Å²) in [6.07, 6.45) is 5.96. The van der Waals surface area contributed by atoms with Crippen LogP contribution in [0.3, 0.4) is 0 Å². The molecule has 1 unspecified atom stereocenters. The zero-order valence-electron chi connectivity index (χ0n) is 10.1. The van der Waals surface area contributed by atoms with Crippen molar-refractivity contribution in [3.8, 4) is 0 Å². The van der Waals surface area contributed by atoms with Gasteiger partial charge >= 0.3 is 0 Å². The summed E-state index contributed by atoms with van der Waals surface area (Å²) in [6, 6.07) is 0.0983. The van der Waals surface area contributed by atoms with Crippen molar-refractivity contribution in [3.63, 3.8) is 0 Å². The molecule has 0 aromatic rings. The summed E-state index contributed by atoms with van der Waals surface area (Å²) in [5.74, 6) is 0.313. The number of likely N-dealkylation sites (tertiary alicyclic amines) is 1. The zero-order valence-corrected chi connectivity index (χ0v) is 10.1. The highest BCUT2D eigenvalue weighted by atomic mass is 16.2. The third kappa shape index (κ3) is 3.82. The molecule has 0 bridgehead atoms. The molecule has 0 aromatic heterocycles. The maximum Gasteiger partial charge on any atom is 0.239 e. The quantitative estimate of drug-likeness (QED) is 0.652. The molecule has 88 valence electrons. The van der Waals surface area contributed by atoms with Crippen LogP contribution in [0.4, 0.5) is 0 Å². The predicted molar refractivity (Wildman–Crippen MR) is 62.8 cm³/mol. The minimum absolute atomic E-state index is 0.0983. The molecule has 0 saturated carbocycles. The van der Waals surface area contributed by atoms with Gasteiger partial charge in [-0.25, -0.2) is 0 Å². The highest BCUT2D eigenvalue weighted by molar-refractivity contribution is 5.83. The summed E-state index contributed by atoms with van der Waals surface area (Å²) in [5, 5.41) is 3.23. The second-order valence-electron chi connectivity index (χ2n) is 4.28. The number of carbonyl (C=O) groups excluding carboxylic acids is 1. The lowest BCUT2D eigenvalue weighted by Gasteiger charge is -2.16. The summed E-state index contributed by atoms with van der Waals surface area (Å²) in [5.41, 5.74) is 0. The van der Waals surface area contributed by atoms with Crippen molar-refractivity contribution in [2.45, 2.75) is 52.0 Å². The SMILES string of the molecule is CCCCCCN1CCC(NCC)C1=O. The average Bonchev–Trinajstić information content (AvgIpc) is 2.57. The fourth-order valence-corrected chi connectivity index (χ4v) is 2.13. The molecule has 1 saturated heterocycles. The van der Waals surface area contributed by atoms with E-state index >= 15 is 0 Å². The first-order chi connectivity index (χ1) is 7.29. The highest BCUT2D eigenvalue weighted by Gasteiger charge is 2.29.